The number of nitrogens with two attached hydrogens (primary N) is 1. The quantitative estimate of drug-likeness (QED) is 0.719. The van der Waals surface area contributed by atoms with Crippen molar-refractivity contribution in [2.45, 2.75) is 6.42 Å². The van der Waals surface area contributed by atoms with E-state index in [1.165, 1.54) is 0 Å². The van der Waals surface area contributed by atoms with E-state index in [2.05, 4.69) is 8.75 Å². The van der Waals surface area contributed by atoms with Gasteiger partial charge in [-0.1, -0.05) is 0 Å². The molecule has 0 amide bonds. The molecule has 0 aliphatic carbocycles. The van der Waals surface area contributed by atoms with E-state index < -0.39 is 0 Å². The molecule has 1 heterocycles. The first-order chi connectivity index (χ1) is 4.93. The highest BCUT2D eigenvalue weighted by Crippen LogP contribution is 2.04. The highest BCUT2D eigenvalue weighted by molar-refractivity contribution is 6.99. The van der Waals surface area contributed by atoms with Gasteiger partial charge in [0.25, 0.3) is 0 Å². The van der Waals surface area contributed by atoms with Crippen LogP contribution in [0, 0.1) is 0 Å². The Morgan fingerprint density at radius 2 is 2.45 bits per heavy atom. The maximum Gasteiger partial charge on any atom is 0.245 e. The summed E-state index contributed by atoms with van der Waals surface area (Å²) in [5, 5.41) is 0. The second-order valence-corrected chi connectivity index (χ2v) is 2.29. The van der Waals surface area contributed by atoms with Gasteiger partial charge in [-0.05, 0) is 13.0 Å². The minimum atomic E-state index is 0. The zero-order valence-corrected chi connectivity index (χ0v) is 7.53. The van der Waals surface area contributed by atoms with Gasteiger partial charge in [-0.2, -0.15) is 4.37 Å². The van der Waals surface area contributed by atoms with Crippen LogP contribution >= 0.6 is 24.1 Å². The molecule has 0 aromatic carbocycles. The molecule has 0 fully saturated rings. The van der Waals surface area contributed by atoms with Crippen LogP contribution in [0.5, 0.6) is 5.88 Å². The van der Waals surface area contributed by atoms with Crippen LogP contribution in [0.25, 0.3) is 0 Å². The Hall–Kier alpha value is -0.390. The SMILES string of the molecule is Cl.NCCCOc1cnsn1. The average Bonchev–Trinajstić information content (AvgIpc) is 2.41. The summed E-state index contributed by atoms with van der Waals surface area (Å²) < 4.78 is 12.8. The third-order valence-corrected chi connectivity index (χ3v) is 1.40. The Morgan fingerprint density at radius 3 is 3.00 bits per heavy atom. The molecular weight excluding hydrogens is 186 g/mol. The van der Waals surface area contributed by atoms with Crippen LogP contribution in [0.3, 0.4) is 0 Å². The molecule has 0 aliphatic heterocycles. The van der Waals surface area contributed by atoms with Crippen LogP contribution in [0.4, 0.5) is 0 Å². The minimum Gasteiger partial charge on any atom is -0.476 e. The first-order valence-corrected chi connectivity index (χ1v) is 3.77. The van der Waals surface area contributed by atoms with E-state index in [1.807, 2.05) is 0 Å². The molecule has 6 heteroatoms. The smallest absolute Gasteiger partial charge is 0.245 e. The molecule has 0 radical (unpaired) electrons. The first-order valence-electron chi connectivity index (χ1n) is 3.04. The fourth-order valence-electron chi connectivity index (χ4n) is 0.480. The normalized spacial score (nSPS) is 8.82. The van der Waals surface area contributed by atoms with Crippen LogP contribution in [-0.2, 0) is 0 Å². The van der Waals surface area contributed by atoms with Crippen LogP contribution in [-0.4, -0.2) is 21.9 Å². The minimum absolute atomic E-state index is 0. The topological polar surface area (TPSA) is 61.0 Å². The molecule has 4 nitrogen and oxygen atoms in total. The molecule has 1 aromatic rings. The van der Waals surface area contributed by atoms with E-state index in [0.29, 0.717) is 19.0 Å². The van der Waals surface area contributed by atoms with Crippen molar-refractivity contribution in [1.29, 1.82) is 0 Å². The Morgan fingerprint density at radius 1 is 1.64 bits per heavy atom. The lowest BCUT2D eigenvalue weighted by molar-refractivity contribution is 0.304. The largest absolute Gasteiger partial charge is 0.476 e. The Bertz CT molecular complexity index is 170. The lowest BCUT2D eigenvalue weighted by Gasteiger charge is -1.97. The Labute approximate surface area is 75.5 Å². The molecule has 11 heavy (non-hydrogen) atoms. The summed E-state index contributed by atoms with van der Waals surface area (Å²) in [5.74, 6) is 0.596. The zero-order chi connectivity index (χ0) is 7.23. The van der Waals surface area contributed by atoms with Crippen molar-refractivity contribution in [3.8, 4) is 5.88 Å². The predicted octanol–water partition coefficient (Wildman–Crippen LogP) is 0.688. The first kappa shape index (κ1) is 10.6. The van der Waals surface area contributed by atoms with Gasteiger partial charge >= 0.3 is 0 Å². The molecular formula is C5H10ClN3OS. The van der Waals surface area contributed by atoms with Gasteiger partial charge in [0.1, 0.15) is 6.20 Å². The number of hydrogen-bond acceptors (Lipinski definition) is 5. The van der Waals surface area contributed by atoms with E-state index in [4.69, 9.17) is 10.5 Å². The standard InChI is InChI=1S/C5H9N3OS.ClH/c6-2-1-3-9-5-4-7-10-8-5;/h4H,1-3,6H2;1H. The van der Waals surface area contributed by atoms with Gasteiger partial charge in [-0.15, -0.1) is 16.8 Å². The maximum atomic E-state index is 5.25. The third-order valence-electron chi connectivity index (χ3n) is 0.939. The van der Waals surface area contributed by atoms with E-state index in [-0.39, 0.29) is 12.4 Å². The molecule has 0 aliphatic rings. The van der Waals surface area contributed by atoms with Crippen molar-refractivity contribution in [3.05, 3.63) is 6.20 Å². The number of aromatic nitrogens is 2. The van der Waals surface area contributed by atoms with Gasteiger partial charge in [-0.25, -0.2) is 0 Å². The molecule has 2 N–H and O–H groups in total. The van der Waals surface area contributed by atoms with Crippen molar-refractivity contribution < 1.29 is 4.74 Å². The van der Waals surface area contributed by atoms with E-state index in [0.717, 1.165) is 18.1 Å². The molecule has 0 saturated heterocycles. The Kier molecular flexibility index (Phi) is 6.10. The second kappa shape index (κ2) is 6.33. The molecule has 0 atom stereocenters. The predicted molar refractivity (Wildman–Crippen MR) is 46.3 cm³/mol. The van der Waals surface area contributed by atoms with Crippen molar-refractivity contribution in [2.75, 3.05) is 13.2 Å². The van der Waals surface area contributed by atoms with Crippen molar-refractivity contribution in [1.82, 2.24) is 8.75 Å². The lowest BCUT2D eigenvalue weighted by atomic mass is 10.5. The summed E-state index contributed by atoms with van der Waals surface area (Å²) >= 11 is 1.14. The summed E-state index contributed by atoms with van der Waals surface area (Å²) in [6, 6.07) is 0. The Balaban J connectivity index is 0.000001000. The van der Waals surface area contributed by atoms with Gasteiger partial charge in [0.15, 0.2) is 0 Å². The average molecular weight is 196 g/mol. The van der Waals surface area contributed by atoms with Gasteiger partial charge < -0.3 is 10.5 Å². The molecule has 0 bridgehead atoms. The summed E-state index contributed by atoms with van der Waals surface area (Å²) in [6.07, 6.45) is 2.46. The fourth-order valence-corrected chi connectivity index (χ4v) is 0.844. The summed E-state index contributed by atoms with van der Waals surface area (Å²) in [6.45, 7) is 1.28. The van der Waals surface area contributed by atoms with Crippen LogP contribution < -0.4 is 10.5 Å². The van der Waals surface area contributed by atoms with E-state index >= 15 is 0 Å². The molecule has 64 valence electrons. The van der Waals surface area contributed by atoms with Crippen molar-refractivity contribution in [3.63, 3.8) is 0 Å². The van der Waals surface area contributed by atoms with Crippen molar-refractivity contribution in [2.24, 2.45) is 5.73 Å². The third kappa shape index (κ3) is 4.13. The number of rotatable bonds is 4. The molecule has 1 aromatic heterocycles. The van der Waals surface area contributed by atoms with Crippen LogP contribution in [0.2, 0.25) is 0 Å². The molecule has 0 spiro atoms. The van der Waals surface area contributed by atoms with E-state index in [9.17, 15) is 0 Å². The van der Waals surface area contributed by atoms with Gasteiger partial charge in [0.05, 0.1) is 18.3 Å². The summed E-state index contributed by atoms with van der Waals surface area (Å²) in [5.41, 5.74) is 5.25. The van der Waals surface area contributed by atoms with E-state index in [1.54, 1.807) is 6.20 Å². The molecule has 1 rings (SSSR count). The van der Waals surface area contributed by atoms with Crippen LogP contribution in [0.1, 0.15) is 6.42 Å². The zero-order valence-electron chi connectivity index (χ0n) is 5.90. The lowest BCUT2D eigenvalue weighted by Crippen LogP contribution is -2.05. The second-order valence-electron chi connectivity index (χ2n) is 1.74. The maximum absolute atomic E-state index is 5.25. The highest BCUT2D eigenvalue weighted by atomic mass is 35.5. The summed E-state index contributed by atoms with van der Waals surface area (Å²) in [7, 11) is 0. The number of hydrogen-bond donors (Lipinski definition) is 1. The molecule has 0 saturated carbocycles. The van der Waals surface area contributed by atoms with Gasteiger partial charge in [0, 0.05) is 0 Å². The van der Waals surface area contributed by atoms with Gasteiger partial charge in [-0.3, -0.25) is 0 Å². The number of halogens is 1. The van der Waals surface area contributed by atoms with Crippen molar-refractivity contribution >= 4 is 24.1 Å². The highest BCUT2D eigenvalue weighted by Gasteiger charge is 1.93. The monoisotopic (exact) mass is 195 g/mol. The molecule has 0 unspecified atom stereocenters. The van der Waals surface area contributed by atoms with Crippen LogP contribution in [0.15, 0.2) is 6.20 Å². The summed E-state index contributed by atoms with van der Waals surface area (Å²) in [4.78, 5) is 0. The number of nitrogens with zero attached hydrogens (tertiary/aromatic N) is 2. The van der Waals surface area contributed by atoms with Gasteiger partial charge in [0.2, 0.25) is 5.88 Å². The fraction of sp³-hybridized carbons (Fsp3) is 0.600. The number of ether oxygens (including phenoxy) is 1.